The van der Waals surface area contributed by atoms with E-state index in [9.17, 15) is 26.3 Å². The number of hydrogen-bond acceptors (Lipinski definition) is 4. The van der Waals surface area contributed by atoms with E-state index >= 15 is 0 Å². The summed E-state index contributed by atoms with van der Waals surface area (Å²) in [5.41, 5.74) is -1.07. The average Bonchev–Trinajstić information content (AvgIpc) is 2.43. The van der Waals surface area contributed by atoms with Crippen LogP contribution in [0.25, 0.3) is 0 Å². The first-order chi connectivity index (χ1) is 11.0. The molecule has 1 N–H and O–H groups in total. The fourth-order valence-electron chi connectivity index (χ4n) is 1.58. The van der Waals surface area contributed by atoms with E-state index in [1.807, 2.05) is 0 Å². The standard InChI is InChI=1S/C13H8BrF6N3O/c14-7-2-1-3-8(4-7)22-11-21-5-9(13(18,19)20)10(23-11)24-6-12(15,16)17/h1-5H,6H2,(H,21,22,23). The Bertz CT molecular complexity index is 720. The Morgan fingerprint density at radius 3 is 2.42 bits per heavy atom. The quantitative estimate of drug-likeness (QED) is 0.718. The predicted octanol–water partition coefficient (Wildman–Crippen LogP) is 4.94. The van der Waals surface area contributed by atoms with Crippen molar-refractivity contribution >= 4 is 27.6 Å². The van der Waals surface area contributed by atoms with Gasteiger partial charge in [0.15, 0.2) is 6.61 Å². The molecule has 2 rings (SSSR count). The molecule has 1 heterocycles. The van der Waals surface area contributed by atoms with Crippen molar-refractivity contribution in [3.05, 3.63) is 40.5 Å². The number of alkyl halides is 6. The Kier molecular flexibility index (Phi) is 5.21. The molecule has 0 aliphatic heterocycles. The van der Waals surface area contributed by atoms with Gasteiger partial charge in [0.1, 0.15) is 5.56 Å². The first-order valence-electron chi connectivity index (χ1n) is 6.21. The van der Waals surface area contributed by atoms with Gasteiger partial charge in [-0.2, -0.15) is 31.3 Å². The van der Waals surface area contributed by atoms with E-state index in [-0.39, 0.29) is 5.95 Å². The zero-order valence-electron chi connectivity index (χ0n) is 11.5. The molecule has 1 aromatic carbocycles. The lowest BCUT2D eigenvalue weighted by molar-refractivity contribution is -0.159. The van der Waals surface area contributed by atoms with Crippen LogP contribution in [0.4, 0.5) is 38.0 Å². The molecule has 0 atom stereocenters. The minimum absolute atomic E-state index is 0.335. The van der Waals surface area contributed by atoms with Gasteiger partial charge in [0.25, 0.3) is 0 Å². The Labute approximate surface area is 140 Å². The first-order valence-corrected chi connectivity index (χ1v) is 7.00. The number of halogens is 7. The highest BCUT2D eigenvalue weighted by Crippen LogP contribution is 2.36. The highest BCUT2D eigenvalue weighted by molar-refractivity contribution is 9.10. The van der Waals surface area contributed by atoms with Crippen LogP contribution in [0.5, 0.6) is 5.88 Å². The Balaban J connectivity index is 2.30. The third-order valence-electron chi connectivity index (χ3n) is 2.51. The van der Waals surface area contributed by atoms with E-state index in [1.54, 1.807) is 24.3 Å². The van der Waals surface area contributed by atoms with Crippen LogP contribution in [0.15, 0.2) is 34.9 Å². The summed E-state index contributed by atoms with van der Waals surface area (Å²) in [4.78, 5) is 6.84. The monoisotopic (exact) mass is 415 g/mol. The van der Waals surface area contributed by atoms with Crippen LogP contribution in [-0.2, 0) is 6.18 Å². The minimum Gasteiger partial charge on any atom is -0.467 e. The summed E-state index contributed by atoms with van der Waals surface area (Å²) in [6.07, 6.45) is -9.39. The number of rotatable bonds is 4. The highest BCUT2D eigenvalue weighted by Gasteiger charge is 2.38. The number of ether oxygens (including phenoxy) is 1. The number of hydrogen-bond donors (Lipinski definition) is 1. The summed E-state index contributed by atoms with van der Waals surface area (Å²) >= 11 is 3.20. The van der Waals surface area contributed by atoms with Crippen LogP contribution in [-0.4, -0.2) is 22.8 Å². The lowest BCUT2D eigenvalue weighted by Crippen LogP contribution is -2.22. The Morgan fingerprint density at radius 1 is 1.12 bits per heavy atom. The summed E-state index contributed by atoms with van der Waals surface area (Å²) in [5, 5.41) is 2.58. The van der Waals surface area contributed by atoms with E-state index in [1.165, 1.54) is 0 Å². The largest absolute Gasteiger partial charge is 0.467 e. The lowest BCUT2D eigenvalue weighted by Gasteiger charge is -2.15. The van der Waals surface area contributed by atoms with E-state index in [2.05, 4.69) is 36.0 Å². The summed E-state index contributed by atoms with van der Waals surface area (Å²) < 4.78 is 79.9. The van der Waals surface area contributed by atoms with Crippen LogP contribution in [0.2, 0.25) is 0 Å². The van der Waals surface area contributed by atoms with E-state index in [0.717, 1.165) is 0 Å². The second kappa shape index (κ2) is 6.83. The lowest BCUT2D eigenvalue weighted by atomic mass is 10.3. The molecule has 0 radical (unpaired) electrons. The van der Waals surface area contributed by atoms with E-state index in [0.29, 0.717) is 16.4 Å². The van der Waals surface area contributed by atoms with E-state index < -0.39 is 30.4 Å². The maximum Gasteiger partial charge on any atom is 0.423 e. The molecular weight excluding hydrogens is 408 g/mol. The van der Waals surface area contributed by atoms with Crippen LogP contribution < -0.4 is 10.1 Å². The minimum atomic E-state index is -4.95. The van der Waals surface area contributed by atoms with Gasteiger partial charge >= 0.3 is 12.4 Å². The predicted molar refractivity (Wildman–Crippen MR) is 76.0 cm³/mol. The average molecular weight is 416 g/mol. The van der Waals surface area contributed by atoms with Gasteiger partial charge in [0.05, 0.1) is 0 Å². The van der Waals surface area contributed by atoms with Crippen LogP contribution >= 0.6 is 15.9 Å². The van der Waals surface area contributed by atoms with Crippen molar-refractivity contribution in [3.8, 4) is 5.88 Å². The van der Waals surface area contributed by atoms with Crippen LogP contribution in [0, 0.1) is 0 Å². The summed E-state index contributed by atoms with van der Waals surface area (Å²) in [6, 6.07) is 6.49. The van der Waals surface area contributed by atoms with Gasteiger partial charge in [0.2, 0.25) is 11.8 Å². The molecule has 0 aliphatic carbocycles. The van der Waals surface area contributed by atoms with Crippen molar-refractivity contribution in [2.75, 3.05) is 11.9 Å². The van der Waals surface area contributed by atoms with Crippen molar-refractivity contribution in [2.45, 2.75) is 12.4 Å². The zero-order valence-corrected chi connectivity index (χ0v) is 13.1. The van der Waals surface area contributed by atoms with Crippen LogP contribution in [0.3, 0.4) is 0 Å². The molecule has 24 heavy (non-hydrogen) atoms. The van der Waals surface area contributed by atoms with Gasteiger partial charge in [0, 0.05) is 16.4 Å². The molecule has 4 nitrogen and oxygen atoms in total. The fraction of sp³-hybridized carbons (Fsp3) is 0.231. The van der Waals surface area contributed by atoms with Crippen molar-refractivity contribution in [1.29, 1.82) is 0 Å². The number of nitrogens with zero attached hydrogens (tertiary/aromatic N) is 2. The van der Waals surface area contributed by atoms with Gasteiger partial charge in [-0.1, -0.05) is 22.0 Å². The molecule has 0 aliphatic rings. The van der Waals surface area contributed by atoms with Gasteiger partial charge in [-0.3, -0.25) is 0 Å². The molecule has 11 heteroatoms. The van der Waals surface area contributed by atoms with E-state index in [4.69, 9.17) is 0 Å². The second-order valence-electron chi connectivity index (χ2n) is 4.45. The maximum atomic E-state index is 12.8. The topological polar surface area (TPSA) is 47.0 Å². The third kappa shape index (κ3) is 5.25. The van der Waals surface area contributed by atoms with Gasteiger partial charge < -0.3 is 10.1 Å². The SMILES string of the molecule is FC(F)(F)COc1nc(Nc2cccc(Br)c2)ncc1C(F)(F)F. The number of nitrogens with one attached hydrogen (secondary N) is 1. The maximum absolute atomic E-state index is 12.8. The molecule has 130 valence electrons. The molecule has 0 fully saturated rings. The molecule has 1 aromatic heterocycles. The fourth-order valence-corrected chi connectivity index (χ4v) is 1.98. The smallest absolute Gasteiger partial charge is 0.423 e. The normalized spacial score (nSPS) is 12.1. The highest BCUT2D eigenvalue weighted by atomic mass is 79.9. The number of anilines is 2. The molecule has 0 unspecified atom stereocenters. The number of aromatic nitrogens is 2. The van der Waals surface area contributed by atoms with Gasteiger partial charge in [-0.25, -0.2) is 4.98 Å². The molecule has 0 saturated carbocycles. The second-order valence-corrected chi connectivity index (χ2v) is 5.37. The third-order valence-corrected chi connectivity index (χ3v) is 3.01. The molecule has 0 amide bonds. The Hall–Kier alpha value is -2.04. The summed E-state index contributed by atoms with van der Waals surface area (Å²) in [6.45, 7) is -1.90. The van der Waals surface area contributed by atoms with Gasteiger partial charge in [-0.05, 0) is 18.2 Å². The molecular formula is C13H8BrF6N3O. The first kappa shape index (κ1) is 18.3. The van der Waals surface area contributed by atoms with Gasteiger partial charge in [-0.15, -0.1) is 0 Å². The zero-order chi connectivity index (χ0) is 18.0. The van der Waals surface area contributed by atoms with Crippen molar-refractivity contribution in [2.24, 2.45) is 0 Å². The molecule has 0 saturated heterocycles. The molecule has 0 bridgehead atoms. The summed E-state index contributed by atoms with van der Waals surface area (Å²) in [7, 11) is 0. The summed E-state index contributed by atoms with van der Waals surface area (Å²) in [5.74, 6) is -1.54. The molecule has 0 spiro atoms. The van der Waals surface area contributed by atoms with Crippen molar-refractivity contribution in [1.82, 2.24) is 9.97 Å². The molecule has 2 aromatic rings. The van der Waals surface area contributed by atoms with Crippen molar-refractivity contribution < 1.29 is 31.1 Å². The van der Waals surface area contributed by atoms with Crippen LogP contribution in [0.1, 0.15) is 5.56 Å². The van der Waals surface area contributed by atoms with Crippen molar-refractivity contribution in [3.63, 3.8) is 0 Å². The Morgan fingerprint density at radius 2 is 1.83 bits per heavy atom. The number of benzene rings is 1.